The van der Waals surface area contributed by atoms with Crippen LogP contribution in [0.25, 0.3) is 0 Å². The third kappa shape index (κ3) is 3.91. The predicted molar refractivity (Wildman–Crippen MR) is 107 cm³/mol. The van der Waals surface area contributed by atoms with Gasteiger partial charge in [-0.25, -0.2) is 13.1 Å². The Hall–Kier alpha value is -2.38. The molecule has 7 heteroatoms. The van der Waals surface area contributed by atoms with E-state index in [1.54, 1.807) is 36.3 Å². The van der Waals surface area contributed by atoms with Crippen LogP contribution in [0, 0.1) is 5.92 Å². The van der Waals surface area contributed by atoms with Crippen molar-refractivity contribution in [2.75, 3.05) is 18.6 Å². The summed E-state index contributed by atoms with van der Waals surface area (Å²) in [6.45, 7) is 0.685. The van der Waals surface area contributed by atoms with Crippen molar-refractivity contribution in [3.8, 4) is 5.75 Å². The molecular weight excluding hydrogens is 376 g/mol. The van der Waals surface area contributed by atoms with Crippen LogP contribution in [0.3, 0.4) is 0 Å². The van der Waals surface area contributed by atoms with Gasteiger partial charge in [-0.3, -0.25) is 4.79 Å². The van der Waals surface area contributed by atoms with E-state index in [9.17, 15) is 13.2 Å². The molecule has 1 aliphatic heterocycles. The third-order valence-electron chi connectivity index (χ3n) is 5.38. The average Bonchev–Trinajstić information content (AvgIpc) is 3.47. The van der Waals surface area contributed by atoms with Crippen molar-refractivity contribution >= 4 is 21.6 Å². The zero-order valence-electron chi connectivity index (χ0n) is 15.8. The number of nitrogens with one attached hydrogen (secondary N) is 1. The molecule has 148 valence electrons. The van der Waals surface area contributed by atoms with E-state index >= 15 is 0 Å². The van der Waals surface area contributed by atoms with Crippen LogP contribution in [0.2, 0.25) is 0 Å². The van der Waals surface area contributed by atoms with Gasteiger partial charge in [0, 0.05) is 24.7 Å². The molecule has 0 radical (unpaired) electrons. The largest absolute Gasteiger partial charge is 0.497 e. The molecule has 4 rings (SSSR count). The summed E-state index contributed by atoms with van der Waals surface area (Å²) in [6, 6.07) is 13.8. The fourth-order valence-electron chi connectivity index (χ4n) is 3.64. The minimum absolute atomic E-state index is 0.0852. The number of methoxy groups -OCH3 is 1. The highest BCUT2D eigenvalue weighted by molar-refractivity contribution is 7.89. The van der Waals surface area contributed by atoms with Gasteiger partial charge in [-0.05, 0) is 67.1 Å². The molecule has 0 bridgehead atoms. The molecule has 2 fully saturated rings. The standard InChI is InChI=1S/C21H24N2O4S/c1-27-18-10-6-16(7-11-18)21(15-4-5-15)22-28(25,26)19-12-8-17(9-13-19)23-14-2-3-20(23)24/h6-13,15,21-22H,2-5,14H2,1H3. The molecule has 1 amide bonds. The number of carbonyl (C=O) groups is 1. The smallest absolute Gasteiger partial charge is 0.241 e. The fraction of sp³-hybridized carbons (Fsp3) is 0.381. The highest BCUT2D eigenvalue weighted by atomic mass is 32.2. The van der Waals surface area contributed by atoms with E-state index in [2.05, 4.69) is 4.72 Å². The van der Waals surface area contributed by atoms with Crippen LogP contribution in [-0.2, 0) is 14.8 Å². The molecule has 0 spiro atoms. The van der Waals surface area contributed by atoms with Gasteiger partial charge in [-0.15, -0.1) is 0 Å². The Kier molecular flexibility index (Phi) is 5.12. The van der Waals surface area contributed by atoms with E-state index in [0.29, 0.717) is 18.9 Å². The van der Waals surface area contributed by atoms with Crippen molar-refractivity contribution in [2.45, 2.75) is 36.6 Å². The topological polar surface area (TPSA) is 75.7 Å². The molecule has 1 unspecified atom stereocenters. The number of benzene rings is 2. The summed E-state index contributed by atoms with van der Waals surface area (Å²) in [5.41, 5.74) is 1.68. The highest BCUT2D eigenvalue weighted by Crippen LogP contribution is 2.42. The van der Waals surface area contributed by atoms with Crippen molar-refractivity contribution in [3.05, 3.63) is 54.1 Å². The lowest BCUT2D eigenvalue weighted by molar-refractivity contribution is -0.117. The van der Waals surface area contributed by atoms with Crippen molar-refractivity contribution in [1.82, 2.24) is 4.72 Å². The molecule has 1 aliphatic carbocycles. The lowest BCUT2D eigenvalue weighted by Gasteiger charge is -2.20. The maximum atomic E-state index is 13.0. The lowest BCUT2D eigenvalue weighted by atomic mass is 10.0. The lowest BCUT2D eigenvalue weighted by Crippen LogP contribution is -2.30. The first-order valence-electron chi connectivity index (χ1n) is 9.54. The Morgan fingerprint density at radius 1 is 1.07 bits per heavy atom. The molecule has 1 heterocycles. The molecule has 1 saturated carbocycles. The minimum Gasteiger partial charge on any atom is -0.497 e. The van der Waals surface area contributed by atoms with Gasteiger partial charge < -0.3 is 9.64 Å². The molecule has 28 heavy (non-hydrogen) atoms. The molecule has 1 N–H and O–H groups in total. The monoisotopic (exact) mass is 400 g/mol. The highest BCUT2D eigenvalue weighted by Gasteiger charge is 2.35. The molecule has 2 aliphatic rings. The Bertz CT molecular complexity index is 951. The van der Waals surface area contributed by atoms with Crippen LogP contribution >= 0.6 is 0 Å². The van der Waals surface area contributed by atoms with Gasteiger partial charge in [0.15, 0.2) is 0 Å². The summed E-state index contributed by atoms with van der Waals surface area (Å²) >= 11 is 0. The average molecular weight is 401 g/mol. The number of anilines is 1. The Labute approximate surface area is 165 Å². The quantitative estimate of drug-likeness (QED) is 0.774. The van der Waals surface area contributed by atoms with E-state index in [1.807, 2.05) is 24.3 Å². The van der Waals surface area contributed by atoms with Crippen molar-refractivity contribution < 1.29 is 17.9 Å². The van der Waals surface area contributed by atoms with Crippen LogP contribution < -0.4 is 14.4 Å². The molecule has 2 aromatic carbocycles. The summed E-state index contributed by atoms with van der Waals surface area (Å²) in [5.74, 6) is 1.14. The molecule has 1 atom stereocenters. The van der Waals surface area contributed by atoms with E-state index < -0.39 is 10.0 Å². The first kappa shape index (κ1) is 19.0. The Morgan fingerprint density at radius 3 is 2.29 bits per heavy atom. The van der Waals surface area contributed by atoms with Gasteiger partial charge >= 0.3 is 0 Å². The minimum atomic E-state index is -3.67. The number of hydrogen-bond donors (Lipinski definition) is 1. The summed E-state index contributed by atoms with van der Waals surface area (Å²) in [7, 11) is -2.06. The summed E-state index contributed by atoms with van der Waals surface area (Å²) < 4.78 is 34.0. The van der Waals surface area contributed by atoms with Crippen LogP contribution in [-0.4, -0.2) is 28.0 Å². The SMILES string of the molecule is COc1ccc(C(NS(=O)(=O)c2ccc(N3CCCC3=O)cc2)C2CC2)cc1. The fourth-order valence-corrected chi connectivity index (χ4v) is 4.93. The second-order valence-corrected chi connectivity index (χ2v) is 9.07. The van der Waals surface area contributed by atoms with Gasteiger partial charge in [0.25, 0.3) is 0 Å². The van der Waals surface area contributed by atoms with Gasteiger partial charge in [0.2, 0.25) is 15.9 Å². The first-order valence-corrected chi connectivity index (χ1v) is 11.0. The number of sulfonamides is 1. The maximum absolute atomic E-state index is 13.0. The summed E-state index contributed by atoms with van der Waals surface area (Å²) in [5, 5.41) is 0. The van der Waals surface area contributed by atoms with Crippen molar-refractivity contribution in [1.29, 1.82) is 0 Å². The van der Waals surface area contributed by atoms with E-state index in [-0.39, 0.29) is 16.8 Å². The molecule has 1 saturated heterocycles. The van der Waals surface area contributed by atoms with Crippen molar-refractivity contribution in [3.63, 3.8) is 0 Å². The van der Waals surface area contributed by atoms with Crippen LogP contribution in [0.15, 0.2) is 53.4 Å². The number of amides is 1. The summed E-state index contributed by atoms with van der Waals surface area (Å²) in [6.07, 6.45) is 3.41. The summed E-state index contributed by atoms with van der Waals surface area (Å²) in [4.78, 5) is 13.8. The second kappa shape index (κ2) is 7.56. The Morgan fingerprint density at radius 2 is 1.75 bits per heavy atom. The predicted octanol–water partition coefficient (Wildman–Crippen LogP) is 3.25. The number of carbonyl (C=O) groups excluding carboxylic acids is 1. The molecular formula is C21H24N2O4S. The molecule has 2 aromatic rings. The van der Waals surface area contributed by atoms with Gasteiger partial charge in [-0.2, -0.15) is 0 Å². The maximum Gasteiger partial charge on any atom is 0.241 e. The normalized spacial score (nSPS) is 18.3. The first-order chi connectivity index (χ1) is 13.5. The van der Waals surface area contributed by atoms with Crippen molar-refractivity contribution in [2.24, 2.45) is 5.92 Å². The van der Waals surface area contributed by atoms with Crippen LogP contribution in [0.5, 0.6) is 5.75 Å². The molecule has 0 aromatic heterocycles. The number of ether oxygens (including phenoxy) is 1. The van der Waals surface area contributed by atoms with Gasteiger partial charge in [-0.1, -0.05) is 12.1 Å². The molecule has 6 nitrogen and oxygen atoms in total. The zero-order valence-corrected chi connectivity index (χ0v) is 16.6. The second-order valence-electron chi connectivity index (χ2n) is 7.35. The van der Waals surface area contributed by atoms with Crippen LogP contribution in [0.1, 0.15) is 37.3 Å². The van der Waals surface area contributed by atoms with E-state index in [1.165, 1.54) is 0 Å². The number of rotatable bonds is 7. The van der Waals surface area contributed by atoms with E-state index in [4.69, 9.17) is 4.74 Å². The van der Waals surface area contributed by atoms with Gasteiger partial charge in [0.1, 0.15) is 5.75 Å². The number of nitrogens with zero attached hydrogens (tertiary/aromatic N) is 1. The number of hydrogen-bond acceptors (Lipinski definition) is 4. The van der Waals surface area contributed by atoms with E-state index in [0.717, 1.165) is 36.3 Å². The van der Waals surface area contributed by atoms with Crippen LogP contribution in [0.4, 0.5) is 5.69 Å². The zero-order chi connectivity index (χ0) is 19.7. The Balaban J connectivity index is 1.54. The van der Waals surface area contributed by atoms with Gasteiger partial charge in [0.05, 0.1) is 12.0 Å². The third-order valence-corrected chi connectivity index (χ3v) is 6.84.